The first kappa shape index (κ1) is 14.1. The van der Waals surface area contributed by atoms with E-state index in [1.807, 2.05) is 0 Å². The minimum Gasteiger partial charge on any atom is -0.507 e. The number of hydrogen-bond donors (Lipinski definition) is 1. The van der Waals surface area contributed by atoms with Gasteiger partial charge in [-0.2, -0.15) is 0 Å². The van der Waals surface area contributed by atoms with Gasteiger partial charge in [0.2, 0.25) is 0 Å². The fourth-order valence-electron chi connectivity index (χ4n) is 2.61. The third-order valence-electron chi connectivity index (χ3n) is 3.77. The molecule has 3 heterocycles. The Kier molecular flexibility index (Phi) is 3.31. The summed E-state index contributed by atoms with van der Waals surface area (Å²) in [5, 5.41) is 10.5. The van der Waals surface area contributed by atoms with Gasteiger partial charge in [0.15, 0.2) is 11.0 Å². The number of aromatic hydroxyl groups is 1. The Morgan fingerprint density at radius 1 is 0.958 bits per heavy atom. The van der Waals surface area contributed by atoms with Crippen molar-refractivity contribution in [1.82, 2.24) is 9.97 Å². The number of para-hydroxylation sites is 1. The molecular weight excluding hydrogens is 304 g/mol. The lowest BCUT2D eigenvalue weighted by Gasteiger charge is -2.08. The van der Waals surface area contributed by atoms with Gasteiger partial charge in [0.25, 0.3) is 0 Å². The van der Waals surface area contributed by atoms with Crippen molar-refractivity contribution in [3.05, 3.63) is 77.3 Å². The molecular formula is C19H12N2O3. The number of benzene rings is 1. The van der Waals surface area contributed by atoms with Crippen LogP contribution in [0.2, 0.25) is 0 Å². The predicted molar refractivity (Wildman–Crippen MR) is 90.6 cm³/mol. The smallest absolute Gasteiger partial charge is 0.193 e. The first-order valence-corrected chi connectivity index (χ1v) is 7.35. The Labute approximate surface area is 136 Å². The summed E-state index contributed by atoms with van der Waals surface area (Å²) in [7, 11) is 0. The highest BCUT2D eigenvalue weighted by Gasteiger charge is 2.15. The van der Waals surface area contributed by atoms with Crippen molar-refractivity contribution in [2.45, 2.75) is 0 Å². The molecule has 24 heavy (non-hydrogen) atoms. The van der Waals surface area contributed by atoms with Crippen molar-refractivity contribution in [3.63, 3.8) is 0 Å². The Hall–Kier alpha value is -3.47. The molecule has 3 aromatic heterocycles. The molecule has 1 N–H and O–H groups in total. The van der Waals surface area contributed by atoms with Crippen LogP contribution in [0.4, 0.5) is 0 Å². The van der Waals surface area contributed by atoms with Crippen LogP contribution in [-0.2, 0) is 0 Å². The van der Waals surface area contributed by atoms with Crippen LogP contribution in [0, 0.1) is 0 Å². The van der Waals surface area contributed by atoms with E-state index in [0.717, 1.165) is 5.56 Å². The van der Waals surface area contributed by atoms with E-state index < -0.39 is 0 Å². The highest BCUT2D eigenvalue weighted by Crippen LogP contribution is 2.33. The number of pyridine rings is 2. The van der Waals surface area contributed by atoms with Gasteiger partial charge in [-0.05, 0) is 30.3 Å². The molecule has 0 unspecified atom stereocenters. The monoisotopic (exact) mass is 316 g/mol. The van der Waals surface area contributed by atoms with Crippen LogP contribution in [-0.4, -0.2) is 15.1 Å². The quantitative estimate of drug-likeness (QED) is 0.611. The Bertz CT molecular complexity index is 1090. The second-order valence-corrected chi connectivity index (χ2v) is 5.26. The molecule has 0 amide bonds. The molecule has 0 saturated carbocycles. The maximum atomic E-state index is 12.5. The summed E-state index contributed by atoms with van der Waals surface area (Å²) in [6.45, 7) is 0. The van der Waals surface area contributed by atoms with E-state index in [9.17, 15) is 9.90 Å². The van der Waals surface area contributed by atoms with Crippen LogP contribution in [0.15, 0.2) is 76.3 Å². The van der Waals surface area contributed by atoms with Gasteiger partial charge in [-0.1, -0.05) is 12.1 Å². The molecule has 4 aromatic rings. The molecule has 0 aliphatic carbocycles. The van der Waals surface area contributed by atoms with E-state index in [1.54, 1.807) is 54.9 Å². The van der Waals surface area contributed by atoms with E-state index >= 15 is 0 Å². The van der Waals surface area contributed by atoms with E-state index in [2.05, 4.69) is 9.97 Å². The largest absolute Gasteiger partial charge is 0.507 e. The molecule has 0 spiro atoms. The molecule has 0 aliphatic rings. The number of rotatable bonds is 2. The van der Waals surface area contributed by atoms with Crippen LogP contribution in [0.25, 0.3) is 33.6 Å². The molecule has 1 aromatic carbocycles. The number of aromatic nitrogens is 2. The van der Waals surface area contributed by atoms with Gasteiger partial charge >= 0.3 is 0 Å². The van der Waals surface area contributed by atoms with Crippen LogP contribution >= 0.6 is 0 Å². The first-order chi connectivity index (χ1) is 11.7. The molecule has 4 rings (SSSR count). The number of hydrogen-bond acceptors (Lipinski definition) is 5. The van der Waals surface area contributed by atoms with Crippen LogP contribution < -0.4 is 5.43 Å². The summed E-state index contributed by atoms with van der Waals surface area (Å²) in [5.74, 6) is 0.508. The SMILES string of the molecule is O=c1cc(-c2ccncc2)oc2c(-c3ccccc3O)nccc12. The molecule has 0 bridgehead atoms. The molecule has 5 heteroatoms. The maximum absolute atomic E-state index is 12.5. The topological polar surface area (TPSA) is 76.2 Å². The summed E-state index contributed by atoms with van der Waals surface area (Å²) < 4.78 is 5.97. The lowest BCUT2D eigenvalue weighted by atomic mass is 10.1. The highest BCUT2D eigenvalue weighted by atomic mass is 16.3. The van der Waals surface area contributed by atoms with Gasteiger partial charge in [-0.15, -0.1) is 0 Å². The van der Waals surface area contributed by atoms with Gasteiger partial charge < -0.3 is 9.52 Å². The normalized spacial score (nSPS) is 10.8. The zero-order valence-corrected chi connectivity index (χ0v) is 12.5. The average molecular weight is 316 g/mol. The minimum absolute atomic E-state index is 0.0782. The van der Waals surface area contributed by atoms with Gasteiger partial charge in [0.05, 0.1) is 5.39 Å². The summed E-state index contributed by atoms with van der Waals surface area (Å²) >= 11 is 0. The summed E-state index contributed by atoms with van der Waals surface area (Å²) in [6.07, 6.45) is 4.80. The van der Waals surface area contributed by atoms with Gasteiger partial charge in [-0.25, -0.2) is 0 Å². The molecule has 116 valence electrons. The molecule has 5 nitrogen and oxygen atoms in total. The second kappa shape index (κ2) is 5.62. The van der Waals surface area contributed by atoms with E-state index in [4.69, 9.17) is 4.42 Å². The van der Waals surface area contributed by atoms with Gasteiger partial charge in [0, 0.05) is 35.8 Å². The third kappa shape index (κ3) is 2.32. The first-order valence-electron chi connectivity index (χ1n) is 7.35. The summed E-state index contributed by atoms with van der Waals surface area (Å²) in [4.78, 5) is 20.8. The standard InChI is InChI=1S/C19H12N2O3/c22-15-4-2-1-3-13(15)18-19-14(7-10-21-18)16(23)11-17(24-19)12-5-8-20-9-6-12/h1-11,22H. The molecule has 0 saturated heterocycles. The molecule has 0 aliphatic heterocycles. The number of phenols is 1. The van der Waals surface area contributed by atoms with E-state index in [0.29, 0.717) is 28.0 Å². The van der Waals surface area contributed by atoms with E-state index in [-0.39, 0.29) is 11.2 Å². The van der Waals surface area contributed by atoms with Gasteiger partial charge in [-0.3, -0.25) is 14.8 Å². The Morgan fingerprint density at radius 2 is 1.75 bits per heavy atom. The van der Waals surface area contributed by atoms with Crippen LogP contribution in [0.5, 0.6) is 5.75 Å². The Balaban J connectivity index is 2.05. The number of nitrogens with zero attached hydrogens (tertiary/aromatic N) is 2. The molecule has 0 radical (unpaired) electrons. The lowest BCUT2D eigenvalue weighted by molar-refractivity contribution is 0.477. The van der Waals surface area contributed by atoms with Crippen molar-refractivity contribution >= 4 is 11.0 Å². The van der Waals surface area contributed by atoms with Crippen LogP contribution in [0.3, 0.4) is 0 Å². The molecule has 0 fully saturated rings. The van der Waals surface area contributed by atoms with Crippen LogP contribution in [0.1, 0.15) is 0 Å². The zero-order chi connectivity index (χ0) is 16.5. The fourth-order valence-corrected chi connectivity index (χ4v) is 2.61. The summed E-state index contributed by atoms with van der Waals surface area (Å²) in [6, 6.07) is 13.4. The fraction of sp³-hybridized carbons (Fsp3) is 0. The van der Waals surface area contributed by atoms with Gasteiger partial charge in [0.1, 0.15) is 17.2 Å². The van der Waals surface area contributed by atoms with E-state index in [1.165, 1.54) is 12.3 Å². The summed E-state index contributed by atoms with van der Waals surface area (Å²) in [5.41, 5.74) is 1.87. The highest BCUT2D eigenvalue weighted by molar-refractivity contribution is 5.91. The number of phenolic OH excluding ortho intramolecular Hbond substituents is 1. The second-order valence-electron chi connectivity index (χ2n) is 5.26. The lowest BCUT2D eigenvalue weighted by Crippen LogP contribution is -2.02. The van der Waals surface area contributed by atoms with Crippen molar-refractivity contribution < 1.29 is 9.52 Å². The van der Waals surface area contributed by atoms with Crippen molar-refractivity contribution in [2.75, 3.05) is 0 Å². The average Bonchev–Trinajstić information content (AvgIpc) is 2.63. The zero-order valence-electron chi connectivity index (χ0n) is 12.5. The predicted octanol–water partition coefficient (Wildman–Crippen LogP) is 3.62. The van der Waals surface area contributed by atoms with Crippen molar-refractivity contribution in [2.24, 2.45) is 0 Å². The Morgan fingerprint density at radius 3 is 2.54 bits per heavy atom. The van der Waals surface area contributed by atoms with Crippen molar-refractivity contribution in [3.8, 4) is 28.3 Å². The number of fused-ring (bicyclic) bond motifs is 1. The third-order valence-corrected chi connectivity index (χ3v) is 3.77. The maximum Gasteiger partial charge on any atom is 0.193 e. The van der Waals surface area contributed by atoms with Crippen molar-refractivity contribution in [1.29, 1.82) is 0 Å². The molecule has 0 atom stereocenters. The minimum atomic E-state index is -0.165.